The molecule has 1 atom stereocenters. The lowest BCUT2D eigenvalue weighted by Crippen LogP contribution is -2.20. The summed E-state index contributed by atoms with van der Waals surface area (Å²) in [6, 6.07) is 3.21. The van der Waals surface area contributed by atoms with Crippen molar-refractivity contribution in [3.63, 3.8) is 0 Å². The van der Waals surface area contributed by atoms with Gasteiger partial charge in [-0.05, 0) is 24.7 Å². The smallest absolute Gasteiger partial charge is 0.159 e. The minimum absolute atomic E-state index is 0.151. The first-order valence-corrected chi connectivity index (χ1v) is 3.92. The fourth-order valence-electron chi connectivity index (χ4n) is 1.09. The summed E-state index contributed by atoms with van der Waals surface area (Å²) in [4.78, 5) is 0. The second-order valence-corrected chi connectivity index (χ2v) is 2.70. The fourth-order valence-corrected chi connectivity index (χ4v) is 1.09. The molecule has 1 unspecified atom stereocenters. The lowest BCUT2D eigenvalue weighted by molar-refractivity contribution is 0.250. The molecule has 1 aromatic rings. The molecule has 0 saturated heterocycles. The van der Waals surface area contributed by atoms with Crippen molar-refractivity contribution in [2.45, 2.75) is 6.04 Å². The summed E-state index contributed by atoms with van der Waals surface area (Å²) in [7, 11) is 1.64. The predicted octanol–water partition coefficient (Wildman–Crippen LogP) is 1.22. The number of nitrogens with one attached hydrogen (secondary N) is 1. The van der Waals surface area contributed by atoms with Crippen LogP contribution in [-0.2, 0) is 0 Å². The highest BCUT2D eigenvalue weighted by Crippen LogP contribution is 2.15. The topological polar surface area (TPSA) is 32.3 Å². The Balaban J connectivity index is 2.95. The van der Waals surface area contributed by atoms with Gasteiger partial charge in [0.25, 0.3) is 0 Å². The van der Waals surface area contributed by atoms with Gasteiger partial charge in [-0.1, -0.05) is 6.07 Å². The van der Waals surface area contributed by atoms with Gasteiger partial charge in [-0.15, -0.1) is 0 Å². The van der Waals surface area contributed by atoms with Gasteiger partial charge in [0.15, 0.2) is 11.6 Å². The van der Waals surface area contributed by atoms with Crippen LogP contribution in [0.4, 0.5) is 8.78 Å². The van der Waals surface area contributed by atoms with Crippen molar-refractivity contribution in [1.29, 1.82) is 0 Å². The van der Waals surface area contributed by atoms with Crippen molar-refractivity contribution in [3.05, 3.63) is 35.4 Å². The summed E-state index contributed by atoms with van der Waals surface area (Å²) in [6.07, 6.45) is 0. The van der Waals surface area contributed by atoms with Gasteiger partial charge < -0.3 is 10.4 Å². The van der Waals surface area contributed by atoms with E-state index in [4.69, 9.17) is 5.11 Å². The van der Waals surface area contributed by atoms with Crippen LogP contribution in [0.5, 0.6) is 0 Å². The summed E-state index contributed by atoms with van der Waals surface area (Å²) in [5.41, 5.74) is 0.531. The van der Waals surface area contributed by atoms with Crippen molar-refractivity contribution in [2.24, 2.45) is 0 Å². The Hall–Kier alpha value is -1.00. The number of aliphatic hydroxyl groups excluding tert-OH is 1. The van der Waals surface area contributed by atoms with Gasteiger partial charge in [0.1, 0.15) is 0 Å². The maximum absolute atomic E-state index is 12.7. The third kappa shape index (κ3) is 2.23. The lowest BCUT2D eigenvalue weighted by Gasteiger charge is -2.13. The van der Waals surface area contributed by atoms with Gasteiger partial charge in [-0.2, -0.15) is 0 Å². The minimum Gasteiger partial charge on any atom is -0.394 e. The van der Waals surface area contributed by atoms with E-state index in [1.807, 2.05) is 0 Å². The zero-order chi connectivity index (χ0) is 9.84. The number of likely N-dealkylation sites (N-methyl/N-ethyl adjacent to an activating group) is 1. The van der Waals surface area contributed by atoms with Gasteiger partial charge in [-0.3, -0.25) is 0 Å². The summed E-state index contributed by atoms with van der Waals surface area (Å²) >= 11 is 0. The third-order valence-corrected chi connectivity index (χ3v) is 1.88. The van der Waals surface area contributed by atoms with Crippen LogP contribution >= 0.6 is 0 Å². The molecule has 0 spiro atoms. The molecule has 4 heteroatoms. The first-order valence-electron chi connectivity index (χ1n) is 3.92. The second-order valence-electron chi connectivity index (χ2n) is 2.70. The van der Waals surface area contributed by atoms with E-state index in [9.17, 15) is 8.78 Å². The average Bonchev–Trinajstić information content (AvgIpc) is 2.13. The van der Waals surface area contributed by atoms with E-state index in [-0.39, 0.29) is 12.6 Å². The molecule has 72 valence electrons. The van der Waals surface area contributed by atoms with Crippen LogP contribution in [0.25, 0.3) is 0 Å². The van der Waals surface area contributed by atoms with Crippen LogP contribution in [0.3, 0.4) is 0 Å². The van der Waals surface area contributed by atoms with Gasteiger partial charge in [0.2, 0.25) is 0 Å². The molecule has 0 aliphatic heterocycles. The van der Waals surface area contributed by atoms with Crippen molar-refractivity contribution in [3.8, 4) is 0 Å². The maximum Gasteiger partial charge on any atom is 0.159 e. The normalized spacial score (nSPS) is 12.9. The molecule has 1 rings (SSSR count). The van der Waals surface area contributed by atoms with Gasteiger partial charge in [0, 0.05) is 0 Å². The predicted molar refractivity (Wildman–Crippen MR) is 45.2 cm³/mol. The number of hydrogen-bond acceptors (Lipinski definition) is 2. The molecular formula is C9H11F2NO. The summed E-state index contributed by atoms with van der Waals surface area (Å²) in [5.74, 6) is -1.78. The number of rotatable bonds is 3. The van der Waals surface area contributed by atoms with Crippen molar-refractivity contribution in [1.82, 2.24) is 5.32 Å². The van der Waals surface area contributed by atoms with Gasteiger partial charge >= 0.3 is 0 Å². The van der Waals surface area contributed by atoms with E-state index in [0.717, 1.165) is 12.1 Å². The largest absolute Gasteiger partial charge is 0.394 e. The summed E-state index contributed by atoms with van der Waals surface area (Å²) in [5, 5.41) is 11.6. The third-order valence-electron chi connectivity index (χ3n) is 1.88. The Morgan fingerprint density at radius 3 is 2.54 bits per heavy atom. The SMILES string of the molecule is CNC(CO)c1ccc(F)c(F)c1. The molecule has 0 aliphatic rings. The lowest BCUT2D eigenvalue weighted by atomic mass is 10.1. The highest BCUT2D eigenvalue weighted by molar-refractivity contribution is 5.21. The molecule has 2 N–H and O–H groups in total. The van der Waals surface area contributed by atoms with E-state index >= 15 is 0 Å². The summed E-state index contributed by atoms with van der Waals surface area (Å²) in [6.45, 7) is -0.151. The van der Waals surface area contributed by atoms with Crippen molar-refractivity contribution < 1.29 is 13.9 Å². The molecule has 0 radical (unpaired) electrons. The highest BCUT2D eigenvalue weighted by atomic mass is 19.2. The van der Waals surface area contributed by atoms with Crippen LogP contribution < -0.4 is 5.32 Å². The van der Waals surface area contributed by atoms with E-state index in [0.29, 0.717) is 5.56 Å². The minimum atomic E-state index is -0.897. The molecule has 2 nitrogen and oxygen atoms in total. The highest BCUT2D eigenvalue weighted by Gasteiger charge is 2.10. The van der Waals surface area contributed by atoms with Crippen molar-refractivity contribution in [2.75, 3.05) is 13.7 Å². The second kappa shape index (κ2) is 4.30. The van der Waals surface area contributed by atoms with Crippen LogP contribution in [0.2, 0.25) is 0 Å². The zero-order valence-corrected chi connectivity index (χ0v) is 7.22. The van der Waals surface area contributed by atoms with Gasteiger partial charge in [-0.25, -0.2) is 8.78 Å². The van der Waals surface area contributed by atoms with E-state index in [2.05, 4.69) is 5.32 Å². The molecule has 0 aliphatic carbocycles. The Bertz CT molecular complexity index is 287. The average molecular weight is 187 g/mol. The molecule has 0 bridgehead atoms. The number of aliphatic hydroxyl groups is 1. The standard InChI is InChI=1S/C9H11F2NO/c1-12-9(5-13)6-2-3-7(10)8(11)4-6/h2-4,9,12-13H,5H2,1H3. The number of hydrogen-bond donors (Lipinski definition) is 2. The summed E-state index contributed by atoms with van der Waals surface area (Å²) < 4.78 is 25.2. The molecule has 0 heterocycles. The molecule has 0 amide bonds. The van der Waals surface area contributed by atoms with Crippen molar-refractivity contribution >= 4 is 0 Å². The molecule has 13 heavy (non-hydrogen) atoms. The number of halogens is 2. The zero-order valence-electron chi connectivity index (χ0n) is 7.22. The first-order chi connectivity index (χ1) is 6.19. The molecule has 0 fully saturated rings. The maximum atomic E-state index is 12.7. The van der Waals surface area contributed by atoms with Gasteiger partial charge in [0.05, 0.1) is 12.6 Å². The van der Waals surface area contributed by atoms with Crippen LogP contribution in [0, 0.1) is 11.6 Å². The fraction of sp³-hybridized carbons (Fsp3) is 0.333. The molecule has 1 aromatic carbocycles. The van der Waals surface area contributed by atoms with Crippen LogP contribution in [-0.4, -0.2) is 18.8 Å². The van der Waals surface area contributed by atoms with E-state index in [1.54, 1.807) is 7.05 Å². The monoisotopic (exact) mass is 187 g/mol. The Morgan fingerprint density at radius 2 is 2.08 bits per heavy atom. The van der Waals surface area contributed by atoms with Crippen LogP contribution in [0.15, 0.2) is 18.2 Å². The van der Waals surface area contributed by atoms with E-state index < -0.39 is 11.6 Å². The quantitative estimate of drug-likeness (QED) is 0.745. The molecular weight excluding hydrogens is 176 g/mol. The number of benzene rings is 1. The molecule has 0 saturated carbocycles. The Labute approximate surface area is 75.2 Å². The first kappa shape index (κ1) is 10.1. The molecule has 0 aromatic heterocycles. The Kier molecular flexibility index (Phi) is 3.33. The van der Waals surface area contributed by atoms with E-state index in [1.165, 1.54) is 6.07 Å². The van der Waals surface area contributed by atoms with Crippen LogP contribution in [0.1, 0.15) is 11.6 Å². The Morgan fingerprint density at radius 1 is 1.38 bits per heavy atom.